The number of allylic oxidation sites excluding steroid dienone is 4. The number of alkyl halides is 3. The van der Waals surface area contributed by atoms with Crippen molar-refractivity contribution in [1.29, 1.82) is 0 Å². The number of carbonyl (C=O) groups is 2. The normalized spacial score (nSPS) is 25.4. The van der Waals surface area contributed by atoms with Gasteiger partial charge < -0.3 is 19.5 Å². The molecule has 7 atom stereocenters. The van der Waals surface area contributed by atoms with Gasteiger partial charge in [0.25, 0.3) is 5.60 Å². The summed E-state index contributed by atoms with van der Waals surface area (Å²) in [5, 5.41) is 2.68. The summed E-state index contributed by atoms with van der Waals surface area (Å²) in [6.45, 7) is 8.82. The molecule has 0 heterocycles. The highest BCUT2D eigenvalue weighted by Gasteiger charge is 2.64. The highest BCUT2D eigenvalue weighted by molar-refractivity contribution is 5.83. The molecular formula is C33H46F3NO5. The van der Waals surface area contributed by atoms with Gasteiger partial charge in [0.05, 0.1) is 6.04 Å². The van der Waals surface area contributed by atoms with Crippen molar-refractivity contribution in [3.63, 3.8) is 0 Å². The van der Waals surface area contributed by atoms with E-state index < -0.39 is 41.6 Å². The maximum atomic E-state index is 14.6. The molecule has 3 rings (SSSR count). The van der Waals surface area contributed by atoms with Gasteiger partial charge in [0, 0.05) is 12.7 Å². The van der Waals surface area contributed by atoms with Crippen LogP contribution in [0, 0.1) is 23.7 Å². The van der Waals surface area contributed by atoms with Gasteiger partial charge >= 0.3 is 18.2 Å². The van der Waals surface area contributed by atoms with E-state index in [1.54, 1.807) is 33.8 Å². The molecular weight excluding hydrogens is 547 g/mol. The Bertz CT molecular complexity index is 1100. The van der Waals surface area contributed by atoms with Gasteiger partial charge in [-0.3, -0.25) is 0 Å². The molecule has 2 aliphatic rings. The van der Waals surface area contributed by atoms with Crippen LogP contribution in [0.5, 0.6) is 0 Å². The van der Waals surface area contributed by atoms with Crippen molar-refractivity contribution >= 4 is 12.1 Å². The molecule has 1 aromatic rings. The third-order valence-corrected chi connectivity index (χ3v) is 8.36. The minimum Gasteiger partial charge on any atom is -0.458 e. The van der Waals surface area contributed by atoms with E-state index in [1.165, 1.54) is 24.3 Å². The van der Waals surface area contributed by atoms with Crippen molar-refractivity contribution < 1.29 is 37.0 Å². The first-order valence-electron chi connectivity index (χ1n) is 15.0. The summed E-state index contributed by atoms with van der Waals surface area (Å²) < 4.78 is 59.9. The molecule has 1 N–H and O–H groups in total. The van der Waals surface area contributed by atoms with E-state index in [4.69, 9.17) is 14.2 Å². The van der Waals surface area contributed by atoms with Gasteiger partial charge in [0.15, 0.2) is 0 Å². The summed E-state index contributed by atoms with van der Waals surface area (Å²) in [7, 11) is 0.846. The Kier molecular flexibility index (Phi) is 11.3. The fraction of sp³-hybridized carbons (Fsp3) is 0.636. The first-order valence-corrected chi connectivity index (χ1v) is 15.0. The second-order valence-corrected chi connectivity index (χ2v) is 12.4. The van der Waals surface area contributed by atoms with Gasteiger partial charge in [0.1, 0.15) is 11.7 Å². The van der Waals surface area contributed by atoms with Crippen LogP contribution in [0.4, 0.5) is 18.0 Å². The number of hydrogen-bond donors (Lipinski definition) is 1. The quantitative estimate of drug-likeness (QED) is 0.209. The largest absolute Gasteiger partial charge is 0.458 e. The van der Waals surface area contributed by atoms with E-state index in [0.717, 1.165) is 32.8 Å². The van der Waals surface area contributed by atoms with E-state index >= 15 is 0 Å². The van der Waals surface area contributed by atoms with E-state index in [1.807, 2.05) is 0 Å². The first-order chi connectivity index (χ1) is 19.7. The zero-order valence-corrected chi connectivity index (χ0v) is 25.6. The van der Waals surface area contributed by atoms with Crippen molar-refractivity contribution in [1.82, 2.24) is 5.32 Å². The lowest BCUT2D eigenvalue weighted by atomic mass is 9.69. The number of esters is 1. The third-order valence-electron chi connectivity index (χ3n) is 8.36. The monoisotopic (exact) mass is 593 g/mol. The summed E-state index contributed by atoms with van der Waals surface area (Å²) in [5.74, 6) is -0.221. The molecule has 9 heteroatoms. The van der Waals surface area contributed by atoms with E-state index in [-0.39, 0.29) is 23.8 Å². The van der Waals surface area contributed by atoms with Gasteiger partial charge in [-0.25, -0.2) is 9.59 Å². The lowest BCUT2D eigenvalue weighted by Gasteiger charge is -2.38. The molecule has 6 nitrogen and oxygen atoms in total. The molecule has 0 bridgehead atoms. The van der Waals surface area contributed by atoms with Crippen LogP contribution in [-0.4, -0.2) is 43.1 Å². The Morgan fingerprint density at radius 2 is 1.79 bits per heavy atom. The highest BCUT2D eigenvalue weighted by atomic mass is 19.4. The summed E-state index contributed by atoms with van der Waals surface area (Å²) in [6.07, 6.45) is 7.08. The fourth-order valence-corrected chi connectivity index (χ4v) is 6.36. The molecule has 1 unspecified atom stereocenters. The topological polar surface area (TPSA) is 73.9 Å². The number of alkyl carbamates (subject to hydrolysis) is 1. The van der Waals surface area contributed by atoms with Gasteiger partial charge in [0.2, 0.25) is 0 Å². The average molecular weight is 594 g/mol. The van der Waals surface area contributed by atoms with Gasteiger partial charge in [-0.15, -0.1) is 0 Å². The van der Waals surface area contributed by atoms with Crippen molar-refractivity contribution in [2.45, 2.75) is 103 Å². The first kappa shape index (κ1) is 33.7. The molecule has 0 aliphatic heterocycles. The minimum atomic E-state index is -5.10. The standard InChI is InChI=1S/C33H46F3NO5/c1-7-8-13-23-18-19-24-14-12-17-26(24)27(23)20-21-28(22(2)37-30(39)42-31(3,4)5)41-29(38)32(40-6,33(34,35)36)25-15-10-9-11-16-25/h8-11,13,15-16,18-19,22-24,26-28H,7,12,14,17,20-21H2,1-6H3,(H,37,39)/b13-8+/t22-,23+,24-,26+,27+,28-,32?/m0/s1. The molecule has 42 heavy (non-hydrogen) atoms. The van der Waals surface area contributed by atoms with Gasteiger partial charge in [-0.2, -0.15) is 13.2 Å². The number of fused-ring (bicyclic) bond motifs is 1. The number of ether oxygens (including phenoxy) is 3. The van der Waals surface area contributed by atoms with Crippen LogP contribution in [-0.2, 0) is 24.6 Å². The van der Waals surface area contributed by atoms with Crippen molar-refractivity contribution in [3.8, 4) is 0 Å². The summed E-state index contributed by atoms with van der Waals surface area (Å²) in [5.41, 5.74) is -4.49. The number of methoxy groups -OCH3 is 1. The molecule has 0 aromatic heterocycles. The zero-order valence-electron chi connectivity index (χ0n) is 25.6. The van der Waals surface area contributed by atoms with Crippen LogP contribution >= 0.6 is 0 Å². The zero-order chi connectivity index (χ0) is 31.1. The predicted octanol–water partition coefficient (Wildman–Crippen LogP) is 7.88. The maximum Gasteiger partial charge on any atom is 0.432 e. The summed E-state index contributed by atoms with van der Waals surface area (Å²) >= 11 is 0. The van der Waals surface area contributed by atoms with E-state index in [2.05, 4.69) is 36.5 Å². The summed E-state index contributed by atoms with van der Waals surface area (Å²) in [6, 6.07) is 5.92. The number of carbonyl (C=O) groups excluding carboxylic acids is 2. The summed E-state index contributed by atoms with van der Waals surface area (Å²) in [4.78, 5) is 26.2. The molecule has 0 radical (unpaired) electrons. The Morgan fingerprint density at radius 1 is 1.10 bits per heavy atom. The molecule has 1 aromatic carbocycles. The SMILES string of the molecule is CC/C=C/[C@@H]1C=C[C@@H]2CCC[C@H]2[C@@H]1CC[C@H](OC(=O)C(OC)(c1ccccc1)C(F)(F)F)[C@H](C)NC(=O)OC(C)(C)C. The Morgan fingerprint density at radius 3 is 2.38 bits per heavy atom. The molecule has 0 saturated heterocycles. The van der Waals surface area contributed by atoms with Crippen LogP contribution in [0.1, 0.15) is 78.7 Å². The fourth-order valence-electron chi connectivity index (χ4n) is 6.36. The lowest BCUT2D eigenvalue weighted by Crippen LogP contribution is -2.54. The molecule has 234 valence electrons. The van der Waals surface area contributed by atoms with Crippen LogP contribution in [0.15, 0.2) is 54.6 Å². The van der Waals surface area contributed by atoms with Crippen LogP contribution in [0.25, 0.3) is 0 Å². The number of benzene rings is 1. The second kappa shape index (κ2) is 14.1. The lowest BCUT2D eigenvalue weighted by molar-refractivity contribution is -0.278. The number of hydrogen-bond acceptors (Lipinski definition) is 5. The Labute approximate surface area is 248 Å². The van der Waals surface area contributed by atoms with Crippen LogP contribution in [0.2, 0.25) is 0 Å². The molecule has 1 saturated carbocycles. The van der Waals surface area contributed by atoms with Gasteiger partial charge in [-0.1, -0.05) is 68.0 Å². The molecule has 1 fully saturated rings. The van der Waals surface area contributed by atoms with Crippen molar-refractivity contribution in [2.75, 3.05) is 7.11 Å². The smallest absolute Gasteiger partial charge is 0.432 e. The Balaban J connectivity index is 1.92. The van der Waals surface area contributed by atoms with Crippen molar-refractivity contribution in [3.05, 3.63) is 60.2 Å². The van der Waals surface area contributed by atoms with Gasteiger partial charge in [-0.05, 0) is 83.5 Å². The number of halogens is 3. The Hall–Kier alpha value is -2.81. The third kappa shape index (κ3) is 7.97. The van der Waals surface area contributed by atoms with Crippen LogP contribution in [0.3, 0.4) is 0 Å². The van der Waals surface area contributed by atoms with E-state index in [0.29, 0.717) is 18.3 Å². The minimum absolute atomic E-state index is 0.187. The second-order valence-electron chi connectivity index (χ2n) is 12.4. The molecule has 1 amide bonds. The maximum absolute atomic E-state index is 14.6. The average Bonchev–Trinajstić information content (AvgIpc) is 3.38. The molecule has 2 aliphatic carbocycles. The van der Waals surface area contributed by atoms with Crippen molar-refractivity contribution in [2.24, 2.45) is 23.7 Å². The number of nitrogens with one attached hydrogen (secondary N) is 1. The number of rotatable bonds is 11. The van der Waals surface area contributed by atoms with Crippen LogP contribution < -0.4 is 5.32 Å². The van der Waals surface area contributed by atoms with E-state index in [9.17, 15) is 22.8 Å². The molecule has 0 spiro atoms. The predicted molar refractivity (Wildman–Crippen MR) is 156 cm³/mol. The highest BCUT2D eigenvalue weighted by Crippen LogP contribution is 2.47. The number of amides is 1.